The van der Waals surface area contributed by atoms with E-state index in [2.05, 4.69) is 26.2 Å². The Kier molecular flexibility index (Phi) is 4.65. The molecule has 2 amide bonds. The van der Waals surface area contributed by atoms with Crippen LogP contribution in [-0.2, 0) is 4.74 Å². The van der Waals surface area contributed by atoms with Crippen molar-refractivity contribution in [1.82, 2.24) is 13.6 Å². The van der Waals surface area contributed by atoms with Crippen LogP contribution in [0.1, 0.15) is 25.0 Å². The van der Waals surface area contributed by atoms with Gasteiger partial charge < -0.3 is 9.64 Å². The summed E-state index contributed by atoms with van der Waals surface area (Å²) < 4.78 is 13.9. The van der Waals surface area contributed by atoms with Crippen LogP contribution in [0.3, 0.4) is 0 Å². The number of urea groups is 1. The van der Waals surface area contributed by atoms with Crippen molar-refractivity contribution in [2.24, 2.45) is 0 Å². The lowest BCUT2D eigenvalue weighted by atomic mass is 10.1. The van der Waals surface area contributed by atoms with E-state index >= 15 is 0 Å². The normalized spacial score (nSPS) is 22.1. The van der Waals surface area contributed by atoms with Gasteiger partial charge in [-0.2, -0.15) is 8.75 Å². The predicted octanol–water partition coefficient (Wildman–Crippen LogP) is 2.92. The van der Waals surface area contributed by atoms with Crippen molar-refractivity contribution < 1.29 is 9.53 Å². The van der Waals surface area contributed by atoms with Crippen molar-refractivity contribution >= 4 is 23.6 Å². The Morgan fingerprint density at radius 2 is 2.23 bits per heavy atom. The number of benzene rings is 1. The second-order valence-electron chi connectivity index (χ2n) is 5.30. The molecule has 1 aliphatic rings. The van der Waals surface area contributed by atoms with Crippen LogP contribution >= 0.6 is 11.7 Å². The van der Waals surface area contributed by atoms with Gasteiger partial charge in [0.1, 0.15) is 0 Å². The number of aromatic nitrogens is 2. The molecule has 1 N–H and O–H groups in total. The minimum absolute atomic E-state index is 0.0213. The highest BCUT2D eigenvalue weighted by molar-refractivity contribution is 6.99. The zero-order valence-electron chi connectivity index (χ0n) is 12.3. The molecule has 116 valence electrons. The maximum absolute atomic E-state index is 12.3. The number of hydrogen-bond donors (Lipinski definition) is 1. The Morgan fingerprint density at radius 1 is 1.41 bits per heavy atom. The Balaban J connectivity index is 1.65. The van der Waals surface area contributed by atoms with E-state index in [9.17, 15) is 4.79 Å². The highest BCUT2D eigenvalue weighted by Crippen LogP contribution is 2.26. The molecule has 22 heavy (non-hydrogen) atoms. The third-order valence-electron chi connectivity index (χ3n) is 3.59. The molecular formula is C15H18N4O2S. The van der Waals surface area contributed by atoms with Crippen LogP contribution in [0.2, 0.25) is 0 Å². The quantitative estimate of drug-likeness (QED) is 0.924. The molecule has 2 aromatic rings. The molecule has 6 nitrogen and oxygen atoms in total. The van der Waals surface area contributed by atoms with Crippen molar-refractivity contribution in [1.29, 1.82) is 0 Å². The van der Waals surface area contributed by atoms with Crippen LogP contribution in [0.15, 0.2) is 36.5 Å². The fraction of sp³-hybridized carbons (Fsp3) is 0.400. The average molecular weight is 318 g/mol. The van der Waals surface area contributed by atoms with Crippen molar-refractivity contribution in [3.05, 3.63) is 42.1 Å². The summed E-state index contributed by atoms with van der Waals surface area (Å²) in [6.45, 7) is 3.20. The third kappa shape index (κ3) is 3.61. The van der Waals surface area contributed by atoms with Crippen LogP contribution in [-0.4, -0.2) is 38.9 Å². The molecular weight excluding hydrogens is 300 g/mol. The van der Waals surface area contributed by atoms with E-state index < -0.39 is 0 Å². The number of amides is 2. The molecule has 1 aliphatic heterocycles. The molecule has 0 saturated carbocycles. The summed E-state index contributed by atoms with van der Waals surface area (Å²) in [6, 6.07) is 9.98. The van der Waals surface area contributed by atoms with E-state index in [1.807, 2.05) is 25.1 Å². The van der Waals surface area contributed by atoms with Crippen LogP contribution in [0.25, 0.3) is 0 Å². The molecule has 1 saturated heterocycles. The van der Waals surface area contributed by atoms with E-state index in [4.69, 9.17) is 4.74 Å². The number of ether oxygens (including phenoxy) is 1. The monoisotopic (exact) mass is 318 g/mol. The molecule has 7 heteroatoms. The Bertz CT molecular complexity index is 605. The molecule has 1 aromatic heterocycles. The summed E-state index contributed by atoms with van der Waals surface area (Å²) >= 11 is 1.07. The molecule has 0 bridgehead atoms. The Labute approximate surface area is 133 Å². The molecule has 0 radical (unpaired) electrons. The topological polar surface area (TPSA) is 67.4 Å². The molecule has 2 atom stereocenters. The number of nitrogens with one attached hydrogen (secondary N) is 1. The first-order valence-corrected chi connectivity index (χ1v) is 7.99. The minimum atomic E-state index is -0.156. The van der Waals surface area contributed by atoms with Gasteiger partial charge in [0.25, 0.3) is 0 Å². The smallest absolute Gasteiger partial charge is 0.323 e. The van der Waals surface area contributed by atoms with Gasteiger partial charge in [-0.15, -0.1) is 0 Å². The average Bonchev–Trinajstić information content (AvgIpc) is 2.95. The van der Waals surface area contributed by atoms with E-state index in [1.54, 1.807) is 11.1 Å². The van der Waals surface area contributed by atoms with Crippen molar-refractivity contribution in [2.45, 2.75) is 25.6 Å². The van der Waals surface area contributed by atoms with Crippen molar-refractivity contribution in [2.75, 3.05) is 18.4 Å². The van der Waals surface area contributed by atoms with Crippen molar-refractivity contribution in [3.8, 4) is 0 Å². The highest BCUT2D eigenvalue weighted by atomic mass is 32.1. The number of nitrogens with zero attached hydrogens (tertiary/aromatic N) is 3. The van der Waals surface area contributed by atoms with Gasteiger partial charge in [0.05, 0.1) is 30.1 Å². The SMILES string of the molecule is CC1CN(C(=O)Nc2cnsn2)CCC(c2ccccc2)O1. The fourth-order valence-corrected chi connectivity index (χ4v) is 2.95. The maximum atomic E-state index is 12.3. The lowest BCUT2D eigenvalue weighted by Crippen LogP contribution is -2.38. The number of carbonyl (C=O) groups excluding carboxylic acids is 1. The molecule has 2 heterocycles. The molecule has 0 spiro atoms. The second kappa shape index (κ2) is 6.85. The number of hydrogen-bond acceptors (Lipinski definition) is 5. The second-order valence-corrected chi connectivity index (χ2v) is 5.86. The van der Waals surface area contributed by atoms with Gasteiger partial charge in [0.2, 0.25) is 0 Å². The van der Waals surface area contributed by atoms with Crippen LogP contribution in [0.5, 0.6) is 0 Å². The van der Waals surface area contributed by atoms with E-state index in [0.717, 1.165) is 23.7 Å². The zero-order valence-corrected chi connectivity index (χ0v) is 13.1. The molecule has 3 rings (SSSR count). The minimum Gasteiger partial charge on any atom is -0.369 e. The summed E-state index contributed by atoms with van der Waals surface area (Å²) in [5.74, 6) is 0.493. The van der Waals surface area contributed by atoms with E-state index in [0.29, 0.717) is 18.9 Å². The standard InChI is InChI=1S/C15H18N4O2S/c1-11-10-19(15(20)17-14-9-16-22-18-14)8-7-13(21-11)12-5-3-2-4-6-12/h2-6,9,11,13H,7-8,10H2,1H3,(H,17,18,20). The number of rotatable bonds is 2. The summed E-state index contributed by atoms with van der Waals surface area (Å²) in [7, 11) is 0. The number of carbonyl (C=O) groups is 1. The zero-order chi connectivity index (χ0) is 15.4. The number of anilines is 1. The van der Waals surface area contributed by atoms with Gasteiger partial charge in [0.15, 0.2) is 5.82 Å². The van der Waals surface area contributed by atoms with Gasteiger partial charge in [-0.3, -0.25) is 5.32 Å². The maximum Gasteiger partial charge on any atom is 0.323 e. The lowest BCUT2D eigenvalue weighted by molar-refractivity contribution is 0.00442. The Morgan fingerprint density at radius 3 is 2.95 bits per heavy atom. The van der Waals surface area contributed by atoms with Gasteiger partial charge in [0, 0.05) is 13.1 Å². The Hall–Kier alpha value is -1.99. The molecule has 2 unspecified atom stereocenters. The van der Waals surface area contributed by atoms with Gasteiger partial charge in [-0.05, 0) is 18.9 Å². The van der Waals surface area contributed by atoms with Gasteiger partial charge >= 0.3 is 6.03 Å². The van der Waals surface area contributed by atoms with Crippen LogP contribution < -0.4 is 5.32 Å². The van der Waals surface area contributed by atoms with Gasteiger partial charge in [-0.25, -0.2) is 4.79 Å². The summed E-state index contributed by atoms with van der Waals surface area (Å²) in [6.07, 6.45) is 2.33. The first-order valence-electron chi connectivity index (χ1n) is 7.26. The highest BCUT2D eigenvalue weighted by Gasteiger charge is 2.26. The summed E-state index contributed by atoms with van der Waals surface area (Å²) in [5.41, 5.74) is 1.15. The largest absolute Gasteiger partial charge is 0.369 e. The van der Waals surface area contributed by atoms with Crippen LogP contribution in [0, 0.1) is 0 Å². The van der Waals surface area contributed by atoms with Gasteiger partial charge in [-0.1, -0.05) is 30.3 Å². The molecule has 0 aliphatic carbocycles. The first kappa shape index (κ1) is 14.9. The van der Waals surface area contributed by atoms with E-state index in [1.165, 1.54) is 0 Å². The molecule has 1 aromatic carbocycles. The van der Waals surface area contributed by atoms with Crippen molar-refractivity contribution in [3.63, 3.8) is 0 Å². The predicted molar refractivity (Wildman–Crippen MR) is 84.8 cm³/mol. The summed E-state index contributed by atoms with van der Waals surface area (Å²) in [4.78, 5) is 14.1. The van der Waals surface area contributed by atoms with E-state index in [-0.39, 0.29) is 18.2 Å². The lowest BCUT2D eigenvalue weighted by Gasteiger charge is -2.21. The first-order chi connectivity index (χ1) is 10.7. The third-order valence-corrected chi connectivity index (χ3v) is 4.07. The summed E-state index contributed by atoms with van der Waals surface area (Å²) in [5, 5.41) is 2.76. The fourth-order valence-electron chi connectivity index (χ4n) is 2.57. The van der Waals surface area contributed by atoms with Crippen LogP contribution in [0.4, 0.5) is 10.6 Å². The molecule has 1 fully saturated rings.